The van der Waals surface area contributed by atoms with Gasteiger partial charge in [0, 0.05) is 16.4 Å². The predicted octanol–water partition coefficient (Wildman–Crippen LogP) is 3.14. The molecule has 2 rings (SSSR count). The van der Waals surface area contributed by atoms with Crippen LogP contribution in [0.4, 0.5) is 5.82 Å². The van der Waals surface area contributed by atoms with E-state index in [1.807, 2.05) is 13.0 Å². The van der Waals surface area contributed by atoms with Gasteiger partial charge in [0.15, 0.2) is 0 Å². The highest BCUT2D eigenvalue weighted by molar-refractivity contribution is 9.10. The van der Waals surface area contributed by atoms with Crippen molar-refractivity contribution in [3.63, 3.8) is 0 Å². The number of hydrogen-bond acceptors (Lipinski definition) is 3. The Morgan fingerprint density at radius 2 is 2.11 bits per heavy atom. The Kier molecular flexibility index (Phi) is 4.58. The molecule has 5 heteroatoms. The minimum Gasteiger partial charge on any atom is -0.325 e. The van der Waals surface area contributed by atoms with Crippen molar-refractivity contribution in [2.75, 3.05) is 5.32 Å². The molecule has 0 aliphatic heterocycles. The maximum absolute atomic E-state index is 12.0. The first kappa shape index (κ1) is 14.5. The highest BCUT2D eigenvalue weighted by Gasteiger charge is 2.30. The molecule has 0 unspecified atom stereocenters. The molecule has 1 aromatic rings. The van der Waals surface area contributed by atoms with E-state index in [1.165, 1.54) is 6.42 Å². The van der Waals surface area contributed by atoms with Gasteiger partial charge in [0.25, 0.3) is 0 Å². The van der Waals surface area contributed by atoms with Gasteiger partial charge >= 0.3 is 0 Å². The van der Waals surface area contributed by atoms with Gasteiger partial charge in [-0.15, -0.1) is 0 Å². The number of carbonyl (C=O) groups excluding carboxylic acids is 1. The summed E-state index contributed by atoms with van der Waals surface area (Å²) in [5, 5.41) is 2.83. The number of aryl methyl sites for hydroxylation is 1. The first-order valence-corrected chi connectivity index (χ1v) is 7.50. The summed E-state index contributed by atoms with van der Waals surface area (Å²) in [5.41, 5.74) is 6.81. The van der Waals surface area contributed by atoms with Crippen molar-refractivity contribution < 1.29 is 4.79 Å². The molecule has 4 nitrogen and oxygen atoms in total. The molecule has 0 saturated heterocycles. The van der Waals surface area contributed by atoms with E-state index in [0.29, 0.717) is 12.2 Å². The van der Waals surface area contributed by atoms with Crippen molar-refractivity contribution in [2.24, 2.45) is 5.73 Å². The average molecular weight is 326 g/mol. The molecule has 3 N–H and O–H groups in total. The van der Waals surface area contributed by atoms with E-state index in [9.17, 15) is 4.79 Å². The molecule has 1 fully saturated rings. The first-order valence-electron chi connectivity index (χ1n) is 6.70. The van der Waals surface area contributed by atoms with Crippen LogP contribution in [0.3, 0.4) is 0 Å². The molecule has 0 atom stereocenters. The number of anilines is 1. The van der Waals surface area contributed by atoms with Crippen LogP contribution < -0.4 is 11.1 Å². The summed E-state index contributed by atoms with van der Waals surface area (Å²) in [6.07, 6.45) is 5.73. The zero-order valence-corrected chi connectivity index (χ0v) is 12.8. The summed E-state index contributed by atoms with van der Waals surface area (Å²) in [5.74, 6) is 0.545. The average Bonchev–Trinajstić information content (AvgIpc) is 2.34. The lowest BCUT2D eigenvalue weighted by Gasteiger charge is -2.32. The summed E-state index contributed by atoms with van der Waals surface area (Å²) >= 11 is 3.39. The zero-order chi connectivity index (χ0) is 13.9. The van der Waals surface area contributed by atoms with E-state index >= 15 is 0 Å². The third-order valence-corrected chi connectivity index (χ3v) is 4.49. The fourth-order valence-electron chi connectivity index (χ4n) is 2.55. The van der Waals surface area contributed by atoms with Gasteiger partial charge in [-0.05, 0) is 47.8 Å². The van der Waals surface area contributed by atoms with Crippen molar-refractivity contribution in [3.05, 3.63) is 22.3 Å². The zero-order valence-electron chi connectivity index (χ0n) is 11.2. The number of pyridine rings is 1. The molecule has 0 aromatic carbocycles. The molecule has 1 aliphatic rings. The lowest BCUT2D eigenvalue weighted by Crippen LogP contribution is -2.44. The Bertz CT molecular complexity index is 470. The van der Waals surface area contributed by atoms with E-state index in [-0.39, 0.29) is 11.4 Å². The molecule has 0 bridgehead atoms. The third kappa shape index (κ3) is 4.01. The summed E-state index contributed by atoms with van der Waals surface area (Å²) in [4.78, 5) is 16.3. The molecule has 1 heterocycles. The summed E-state index contributed by atoms with van der Waals surface area (Å²) in [6.45, 7) is 1.89. The Hall–Kier alpha value is -0.940. The van der Waals surface area contributed by atoms with Crippen LogP contribution in [0.5, 0.6) is 0 Å². The van der Waals surface area contributed by atoms with Gasteiger partial charge < -0.3 is 11.1 Å². The van der Waals surface area contributed by atoms with Gasteiger partial charge in [0.1, 0.15) is 5.82 Å². The number of carbonyl (C=O) groups is 1. The van der Waals surface area contributed by atoms with Crippen LogP contribution in [0.1, 0.15) is 44.2 Å². The maximum Gasteiger partial charge on any atom is 0.227 e. The number of nitrogens with zero attached hydrogens (tertiary/aromatic N) is 1. The van der Waals surface area contributed by atoms with Crippen molar-refractivity contribution in [1.29, 1.82) is 0 Å². The standard InChI is InChI=1S/C14H20BrN3O/c1-10-11(15)5-6-12(17-10)18-13(19)9-14(16)7-3-2-4-8-14/h5-6H,2-4,7-9,16H2,1H3,(H,17,18,19). The normalized spacial score (nSPS) is 18.1. The van der Waals surface area contributed by atoms with E-state index < -0.39 is 0 Å². The van der Waals surface area contributed by atoms with E-state index in [1.54, 1.807) is 6.07 Å². The number of aromatic nitrogens is 1. The fraction of sp³-hybridized carbons (Fsp3) is 0.571. The highest BCUT2D eigenvalue weighted by atomic mass is 79.9. The summed E-state index contributed by atoms with van der Waals surface area (Å²) in [6, 6.07) is 3.68. The SMILES string of the molecule is Cc1nc(NC(=O)CC2(N)CCCCC2)ccc1Br. The van der Waals surface area contributed by atoms with Crippen LogP contribution in [0.2, 0.25) is 0 Å². The number of halogens is 1. The van der Waals surface area contributed by atoms with Crippen LogP contribution in [-0.4, -0.2) is 16.4 Å². The highest BCUT2D eigenvalue weighted by Crippen LogP contribution is 2.29. The van der Waals surface area contributed by atoms with Crippen LogP contribution >= 0.6 is 15.9 Å². The topological polar surface area (TPSA) is 68.0 Å². The lowest BCUT2D eigenvalue weighted by atomic mass is 9.80. The number of hydrogen-bond donors (Lipinski definition) is 2. The van der Waals surface area contributed by atoms with Crippen LogP contribution in [-0.2, 0) is 4.79 Å². The second kappa shape index (κ2) is 6.01. The van der Waals surface area contributed by atoms with Crippen molar-refractivity contribution in [3.8, 4) is 0 Å². The van der Waals surface area contributed by atoms with Gasteiger partial charge in [-0.2, -0.15) is 0 Å². The summed E-state index contributed by atoms with van der Waals surface area (Å²) in [7, 11) is 0. The molecular weight excluding hydrogens is 306 g/mol. The molecule has 0 spiro atoms. The molecular formula is C14H20BrN3O. The second-order valence-electron chi connectivity index (χ2n) is 5.41. The Morgan fingerprint density at radius 1 is 1.42 bits per heavy atom. The van der Waals surface area contributed by atoms with E-state index in [2.05, 4.69) is 26.2 Å². The van der Waals surface area contributed by atoms with Gasteiger partial charge in [0.2, 0.25) is 5.91 Å². The summed E-state index contributed by atoms with van der Waals surface area (Å²) < 4.78 is 0.938. The van der Waals surface area contributed by atoms with Crippen LogP contribution in [0, 0.1) is 6.92 Å². The molecule has 1 amide bonds. The van der Waals surface area contributed by atoms with E-state index in [4.69, 9.17) is 5.73 Å². The predicted molar refractivity (Wildman–Crippen MR) is 79.9 cm³/mol. The van der Waals surface area contributed by atoms with Crippen molar-refractivity contribution in [2.45, 2.75) is 51.0 Å². The smallest absolute Gasteiger partial charge is 0.227 e. The number of rotatable bonds is 3. The van der Waals surface area contributed by atoms with E-state index in [0.717, 1.165) is 35.8 Å². The lowest BCUT2D eigenvalue weighted by molar-refractivity contribution is -0.117. The number of nitrogens with two attached hydrogens (primary N) is 1. The molecule has 19 heavy (non-hydrogen) atoms. The maximum atomic E-state index is 12.0. The second-order valence-corrected chi connectivity index (χ2v) is 6.27. The van der Waals surface area contributed by atoms with Crippen molar-refractivity contribution in [1.82, 2.24) is 4.98 Å². The van der Waals surface area contributed by atoms with Gasteiger partial charge in [-0.3, -0.25) is 4.79 Å². The Balaban J connectivity index is 1.95. The van der Waals surface area contributed by atoms with Crippen LogP contribution in [0.25, 0.3) is 0 Å². The molecule has 104 valence electrons. The fourth-order valence-corrected chi connectivity index (χ4v) is 2.77. The minimum atomic E-state index is -0.327. The van der Waals surface area contributed by atoms with Crippen molar-refractivity contribution >= 4 is 27.7 Å². The molecule has 1 aromatic heterocycles. The van der Waals surface area contributed by atoms with Gasteiger partial charge in [-0.25, -0.2) is 4.98 Å². The minimum absolute atomic E-state index is 0.0429. The number of amides is 1. The van der Waals surface area contributed by atoms with Gasteiger partial charge in [0.05, 0.1) is 5.69 Å². The van der Waals surface area contributed by atoms with Gasteiger partial charge in [-0.1, -0.05) is 19.3 Å². The monoisotopic (exact) mass is 325 g/mol. The molecule has 1 aliphatic carbocycles. The molecule has 1 saturated carbocycles. The molecule has 0 radical (unpaired) electrons. The number of nitrogens with one attached hydrogen (secondary N) is 1. The Morgan fingerprint density at radius 3 is 2.74 bits per heavy atom. The first-order chi connectivity index (χ1) is 8.98. The quantitative estimate of drug-likeness (QED) is 0.897. The third-order valence-electron chi connectivity index (χ3n) is 3.65. The largest absolute Gasteiger partial charge is 0.325 e. The Labute approximate surface area is 122 Å². The van der Waals surface area contributed by atoms with Crippen LogP contribution in [0.15, 0.2) is 16.6 Å².